The summed E-state index contributed by atoms with van der Waals surface area (Å²) in [5.41, 5.74) is 0. The van der Waals surface area contributed by atoms with Gasteiger partial charge in [-0.1, -0.05) is 0 Å². The summed E-state index contributed by atoms with van der Waals surface area (Å²) in [6.45, 7) is 19.0. The van der Waals surface area contributed by atoms with Crippen LogP contribution < -0.4 is 0 Å². The number of unbranched alkanes of at least 4 members (excludes halogenated alkanes) is 3. The van der Waals surface area contributed by atoms with E-state index in [9.17, 15) is 0 Å². The zero-order chi connectivity index (χ0) is 24.0. The molecule has 32 heavy (non-hydrogen) atoms. The summed E-state index contributed by atoms with van der Waals surface area (Å²) in [7, 11) is 0. The van der Waals surface area contributed by atoms with Gasteiger partial charge in [0, 0.05) is 0 Å². The van der Waals surface area contributed by atoms with Crippen molar-refractivity contribution in [2.45, 2.75) is 97.4 Å². The fraction of sp³-hybridized carbons (Fsp3) is 0.769. The van der Waals surface area contributed by atoms with Crippen molar-refractivity contribution in [2.24, 2.45) is 9.98 Å². The number of aliphatic imine (C=N–C) groups is 2. The molecule has 0 aliphatic heterocycles. The maximum absolute atomic E-state index is 4.93. The van der Waals surface area contributed by atoms with Crippen molar-refractivity contribution in [3.05, 3.63) is 25.3 Å². The summed E-state index contributed by atoms with van der Waals surface area (Å²) in [6, 6.07) is 0.584. The topological polar surface area (TPSA) is 31.2 Å². The second kappa shape index (κ2) is 22.3. The van der Waals surface area contributed by atoms with Crippen molar-refractivity contribution >= 4 is 41.5 Å². The third-order valence-corrected chi connectivity index (χ3v) is 7.01. The van der Waals surface area contributed by atoms with Crippen LogP contribution in [0.5, 0.6) is 0 Å². The van der Waals surface area contributed by atoms with Crippen LogP contribution in [0, 0.1) is 0 Å². The van der Waals surface area contributed by atoms with E-state index >= 15 is 0 Å². The molecule has 1 saturated carbocycles. The third kappa shape index (κ3) is 16.1. The number of rotatable bonds is 14. The Morgan fingerprint density at radius 2 is 1.34 bits per heavy atom. The molecule has 6 heteroatoms. The van der Waals surface area contributed by atoms with Crippen LogP contribution in [0.1, 0.15) is 91.4 Å². The second-order valence-electron chi connectivity index (χ2n) is 8.40. The molecular formula is C26H48N4Se2. The van der Waals surface area contributed by atoms with E-state index in [1.165, 1.54) is 68.9 Å². The van der Waals surface area contributed by atoms with Gasteiger partial charge in [0.2, 0.25) is 0 Å². The van der Waals surface area contributed by atoms with Crippen LogP contribution in [0.3, 0.4) is 0 Å². The van der Waals surface area contributed by atoms with Gasteiger partial charge in [-0.05, 0) is 0 Å². The molecule has 0 heterocycles. The van der Waals surface area contributed by atoms with Crippen molar-refractivity contribution in [1.82, 2.24) is 9.80 Å². The van der Waals surface area contributed by atoms with Gasteiger partial charge in [-0.25, -0.2) is 0 Å². The average molecular weight is 575 g/mol. The number of hydrogen-bond donors (Lipinski definition) is 0. The summed E-state index contributed by atoms with van der Waals surface area (Å²) in [5.74, 6) is 0. The van der Waals surface area contributed by atoms with Gasteiger partial charge in [0.15, 0.2) is 0 Å². The molecule has 0 aromatic rings. The van der Waals surface area contributed by atoms with Crippen molar-refractivity contribution in [1.29, 1.82) is 0 Å². The molecular weight excluding hydrogens is 526 g/mol. The van der Waals surface area contributed by atoms with Gasteiger partial charge >= 0.3 is 217 Å². The number of amidine groups is 2. The molecule has 2 radical (unpaired) electrons. The van der Waals surface area contributed by atoms with Crippen LogP contribution in [0.4, 0.5) is 0 Å². The maximum atomic E-state index is 4.93. The zero-order valence-corrected chi connectivity index (χ0v) is 24.5. The molecule has 0 saturated heterocycles. The molecule has 1 fully saturated rings. The van der Waals surface area contributed by atoms with Crippen LogP contribution in [-0.2, 0) is 0 Å². The fourth-order valence-corrected chi connectivity index (χ4v) is 4.62. The Bertz CT molecular complexity index is 510. The standard InChI is InChI=1S/C15H29N2Se.C11H19N2Se/c1-3-5-12-17(13-6-4-2)15(18)16-14-10-8-7-9-11-14;1-4-7-8-12-11(14)13(9-5-2)10-6-3/h14H,3-13H2,1-2H3;5-6H,2-4,7-10H2,1H3. The van der Waals surface area contributed by atoms with Crippen LogP contribution >= 0.6 is 0 Å². The molecule has 0 bridgehead atoms. The van der Waals surface area contributed by atoms with Gasteiger partial charge in [-0.3, -0.25) is 0 Å². The Labute approximate surface area is 216 Å². The summed E-state index contributed by atoms with van der Waals surface area (Å²) < 4.78 is 2.13. The molecule has 0 aromatic heterocycles. The van der Waals surface area contributed by atoms with E-state index in [2.05, 4.69) is 80.7 Å². The molecule has 0 N–H and O–H groups in total. The van der Waals surface area contributed by atoms with Crippen LogP contribution in [0.15, 0.2) is 35.3 Å². The normalized spacial score (nSPS) is 15.0. The van der Waals surface area contributed by atoms with Crippen LogP contribution in [-0.4, -0.2) is 90.1 Å². The van der Waals surface area contributed by atoms with Gasteiger partial charge < -0.3 is 0 Å². The first-order chi connectivity index (χ1) is 15.5. The monoisotopic (exact) mass is 576 g/mol. The first kappa shape index (κ1) is 31.5. The molecule has 0 spiro atoms. The molecule has 1 rings (SSSR count). The molecule has 4 nitrogen and oxygen atoms in total. The molecule has 0 atom stereocenters. The Balaban J connectivity index is 0.000000622. The first-order valence-corrected chi connectivity index (χ1v) is 14.4. The van der Waals surface area contributed by atoms with E-state index < -0.39 is 0 Å². The quantitative estimate of drug-likeness (QED) is 0.0873. The van der Waals surface area contributed by atoms with Crippen molar-refractivity contribution < 1.29 is 0 Å². The van der Waals surface area contributed by atoms with E-state index in [0.29, 0.717) is 6.04 Å². The second-order valence-corrected chi connectivity index (χ2v) is 9.93. The summed E-state index contributed by atoms with van der Waals surface area (Å²) in [6.07, 6.45) is 17.9. The molecule has 0 amide bonds. The van der Waals surface area contributed by atoms with E-state index in [0.717, 1.165) is 43.9 Å². The molecule has 184 valence electrons. The third-order valence-electron chi connectivity index (χ3n) is 5.43. The predicted molar refractivity (Wildman–Crippen MR) is 146 cm³/mol. The summed E-state index contributed by atoms with van der Waals surface area (Å²) in [4.78, 5) is 13.9. The van der Waals surface area contributed by atoms with Crippen LogP contribution in [0.25, 0.3) is 0 Å². The van der Waals surface area contributed by atoms with Gasteiger partial charge in [0.1, 0.15) is 0 Å². The first-order valence-electron chi connectivity index (χ1n) is 12.7. The minimum absolute atomic E-state index is 0.584. The van der Waals surface area contributed by atoms with Gasteiger partial charge in [0.25, 0.3) is 0 Å². The van der Waals surface area contributed by atoms with Gasteiger partial charge in [-0.2, -0.15) is 0 Å². The Morgan fingerprint density at radius 1 is 0.812 bits per heavy atom. The Hall–Kier alpha value is -0.541. The molecule has 1 aliphatic carbocycles. The summed E-state index contributed by atoms with van der Waals surface area (Å²) >= 11 is 6.20. The predicted octanol–water partition coefficient (Wildman–Crippen LogP) is 5.73. The van der Waals surface area contributed by atoms with Gasteiger partial charge in [-0.15, -0.1) is 0 Å². The Kier molecular flexibility index (Phi) is 21.9. The fourth-order valence-electron chi connectivity index (χ4n) is 3.42. The van der Waals surface area contributed by atoms with E-state index in [-0.39, 0.29) is 0 Å². The molecule has 1 aliphatic rings. The van der Waals surface area contributed by atoms with Crippen molar-refractivity contribution in [3.63, 3.8) is 0 Å². The SMILES string of the molecule is C=CCN(CC=C)C([Se])=NCCCC.CCCCN(CCCC)C([Se])=NC1CCCCC1. The van der Waals surface area contributed by atoms with Crippen molar-refractivity contribution in [3.8, 4) is 0 Å². The number of nitrogens with zero attached hydrogens (tertiary/aromatic N) is 4. The van der Waals surface area contributed by atoms with Crippen molar-refractivity contribution in [2.75, 3.05) is 32.7 Å². The van der Waals surface area contributed by atoms with E-state index in [1.807, 2.05) is 12.2 Å². The minimum atomic E-state index is 0.584. The van der Waals surface area contributed by atoms with Gasteiger partial charge in [0.05, 0.1) is 0 Å². The zero-order valence-electron chi connectivity index (χ0n) is 21.1. The average Bonchev–Trinajstić information content (AvgIpc) is 2.80. The molecule has 0 unspecified atom stereocenters. The summed E-state index contributed by atoms with van der Waals surface area (Å²) in [5, 5.41) is 0. The van der Waals surface area contributed by atoms with E-state index in [1.54, 1.807) is 0 Å². The van der Waals surface area contributed by atoms with E-state index in [4.69, 9.17) is 4.99 Å². The molecule has 0 aromatic carbocycles. The number of hydrogen-bond acceptors (Lipinski definition) is 2. The Morgan fingerprint density at radius 3 is 1.81 bits per heavy atom. The van der Waals surface area contributed by atoms with Crippen LogP contribution in [0.2, 0.25) is 0 Å².